The van der Waals surface area contributed by atoms with Gasteiger partial charge < -0.3 is 10.1 Å². The van der Waals surface area contributed by atoms with Crippen molar-refractivity contribution < 1.29 is 27.1 Å². The number of amides is 1. The fourth-order valence-corrected chi connectivity index (χ4v) is 7.53. The molecule has 1 aromatic heterocycles. The number of fused-ring (bicyclic) bond motifs is 1. The number of carbonyl (C=O) groups excluding carboxylic acids is 2. The third-order valence-electron chi connectivity index (χ3n) is 6.43. The van der Waals surface area contributed by atoms with E-state index in [0.29, 0.717) is 35.9 Å². The first kappa shape index (κ1) is 24.8. The molecule has 4 rings (SSSR count). The van der Waals surface area contributed by atoms with Crippen molar-refractivity contribution >= 4 is 38.2 Å². The van der Waals surface area contributed by atoms with Crippen molar-refractivity contribution in [3.63, 3.8) is 0 Å². The summed E-state index contributed by atoms with van der Waals surface area (Å²) in [6.45, 7) is 4.48. The average Bonchev–Trinajstić information content (AvgIpc) is 3.16. The molecule has 1 amide bonds. The van der Waals surface area contributed by atoms with Crippen LogP contribution < -0.4 is 5.32 Å². The van der Waals surface area contributed by atoms with Gasteiger partial charge >= 0.3 is 5.97 Å². The van der Waals surface area contributed by atoms with E-state index in [4.69, 9.17) is 4.74 Å². The van der Waals surface area contributed by atoms with Gasteiger partial charge in [0.2, 0.25) is 15.9 Å². The first-order chi connectivity index (χ1) is 16.2. The van der Waals surface area contributed by atoms with Crippen LogP contribution >= 0.6 is 11.3 Å². The second kappa shape index (κ2) is 10.1. The normalized spacial score (nSPS) is 21.0. The molecule has 184 valence electrons. The second-order valence-electron chi connectivity index (χ2n) is 8.92. The van der Waals surface area contributed by atoms with Crippen molar-refractivity contribution in [1.29, 1.82) is 0 Å². The lowest BCUT2D eigenvalue weighted by Gasteiger charge is -2.31. The molecule has 2 unspecified atom stereocenters. The van der Waals surface area contributed by atoms with Crippen LogP contribution in [0.5, 0.6) is 0 Å². The van der Waals surface area contributed by atoms with Gasteiger partial charge in [-0.2, -0.15) is 4.31 Å². The summed E-state index contributed by atoms with van der Waals surface area (Å²) in [5, 5.41) is 3.41. The summed E-state index contributed by atoms with van der Waals surface area (Å²) in [5.41, 5.74) is 1.40. The molecule has 0 saturated carbocycles. The molecule has 0 radical (unpaired) electrons. The third kappa shape index (κ3) is 5.04. The number of benzene rings is 1. The molecule has 1 N–H and O–H groups in total. The van der Waals surface area contributed by atoms with Crippen molar-refractivity contribution in [1.82, 2.24) is 4.31 Å². The van der Waals surface area contributed by atoms with Gasteiger partial charge in [0.15, 0.2) is 0 Å². The van der Waals surface area contributed by atoms with E-state index in [1.807, 2.05) is 0 Å². The Morgan fingerprint density at radius 3 is 2.68 bits per heavy atom. The van der Waals surface area contributed by atoms with Crippen LogP contribution in [-0.2, 0) is 32.4 Å². The largest absolute Gasteiger partial charge is 0.462 e. The molecular formula is C24H29FN2O5S2. The maximum atomic E-state index is 13.2. The number of hydrogen-bond acceptors (Lipinski definition) is 6. The summed E-state index contributed by atoms with van der Waals surface area (Å²) in [6, 6.07) is 4.68. The van der Waals surface area contributed by atoms with Gasteiger partial charge in [0.1, 0.15) is 10.8 Å². The highest BCUT2D eigenvalue weighted by Crippen LogP contribution is 2.40. The number of rotatable bonds is 6. The molecular weight excluding hydrogens is 479 g/mol. The number of piperidine rings is 1. The summed E-state index contributed by atoms with van der Waals surface area (Å²) in [5.74, 6) is -1.31. The highest BCUT2D eigenvalue weighted by Gasteiger charge is 2.35. The first-order valence-electron chi connectivity index (χ1n) is 11.6. The van der Waals surface area contributed by atoms with Crippen molar-refractivity contribution in [3.8, 4) is 0 Å². The van der Waals surface area contributed by atoms with Crippen LogP contribution in [0.25, 0.3) is 0 Å². The average molecular weight is 509 g/mol. The number of nitrogens with zero attached hydrogens (tertiary/aromatic N) is 1. The summed E-state index contributed by atoms with van der Waals surface area (Å²) in [4.78, 5) is 27.0. The zero-order valence-corrected chi connectivity index (χ0v) is 20.9. The van der Waals surface area contributed by atoms with Crippen LogP contribution in [0, 0.1) is 17.7 Å². The lowest BCUT2D eigenvalue weighted by Crippen LogP contribution is -2.43. The highest BCUT2D eigenvalue weighted by atomic mass is 32.2. The van der Waals surface area contributed by atoms with Crippen LogP contribution in [0.15, 0.2) is 29.2 Å². The molecule has 7 nitrogen and oxygen atoms in total. The minimum Gasteiger partial charge on any atom is -0.462 e. The van der Waals surface area contributed by atoms with Gasteiger partial charge in [-0.1, -0.05) is 6.92 Å². The van der Waals surface area contributed by atoms with E-state index in [1.165, 1.54) is 27.8 Å². The van der Waals surface area contributed by atoms with E-state index < -0.39 is 27.7 Å². The second-order valence-corrected chi connectivity index (χ2v) is 12.0. The van der Waals surface area contributed by atoms with Gasteiger partial charge in [-0.25, -0.2) is 17.6 Å². The maximum Gasteiger partial charge on any atom is 0.341 e. The zero-order valence-electron chi connectivity index (χ0n) is 19.3. The van der Waals surface area contributed by atoms with Gasteiger partial charge in [-0.3, -0.25) is 4.79 Å². The molecule has 1 aromatic carbocycles. The molecule has 34 heavy (non-hydrogen) atoms. The monoisotopic (exact) mass is 508 g/mol. The molecule has 2 aliphatic rings. The molecule has 2 atom stereocenters. The van der Waals surface area contributed by atoms with Gasteiger partial charge in [-0.05, 0) is 74.8 Å². The molecule has 10 heteroatoms. The summed E-state index contributed by atoms with van der Waals surface area (Å²) in [7, 11) is -3.84. The fourth-order valence-electron chi connectivity index (χ4n) is 4.60. The molecule has 2 heterocycles. The molecule has 0 spiro atoms. The predicted octanol–water partition coefficient (Wildman–Crippen LogP) is 4.23. The van der Waals surface area contributed by atoms with E-state index in [2.05, 4.69) is 12.2 Å². The Morgan fingerprint density at radius 2 is 1.97 bits per heavy atom. The smallest absolute Gasteiger partial charge is 0.341 e. The predicted molar refractivity (Wildman–Crippen MR) is 128 cm³/mol. The quantitative estimate of drug-likeness (QED) is 0.590. The maximum absolute atomic E-state index is 13.2. The van der Waals surface area contributed by atoms with E-state index in [0.717, 1.165) is 41.8 Å². The summed E-state index contributed by atoms with van der Waals surface area (Å²) >= 11 is 1.42. The van der Waals surface area contributed by atoms with Crippen LogP contribution in [-0.4, -0.2) is 44.3 Å². The molecule has 1 aliphatic carbocycles. The van der Waals surface area contributed by atoms with Crippen molar-refractivity contribution in [3.05, 3.63) is 46.1 Å². The molecule has 0 bridgehead atoms. The Morgan fingerprint density at radius 1 is 1.24 bits per heavy atom. The van der Waals surface area contributed by atoms with Crippen LogP contribution in [0.2, 0.25) is 0 Å². The Bertz CT molecular complexity index is 1180. The van der Waals surface area contributed by atoms with Crippen LogP contribution in [0.3, 0.4) is 0 Å². The number of thiophene rings is 1. The van der Waals surface area contributed by atoms with Gasteiger partial charge in [0.25, 0.3) is 0 Å². The summed E-state index contributed by atoms with van der Waals surface area (Å²) in [6.07, 6.45) is 3.67. The summed E-state index contributed by atoms with van der Waals surface area (Å²) < 4.78 is 45.8. The van der Waals surface area contributed by atoms with E-state index in [1.54, 1.807) is 6.92 Å². The number of ether oxygens (including phenoxy) is 1. The Kier molecular flexibility index (Phi) is 7.39. The first-order valence-corrected chi connectivity index (χ1v) is 13.8. The van der Waals surface area contributed by atoms with Gasteiger partial charge in [-0.15, -0.1) is 11.3 Å². The van der Waals surface area contributed by atoms with Gasteiger partial charge in [0, 0.05) is 18.0 Å². The Hall–Kier alpha value is -2.30. The number of anilines is 1. The SMILES string of the molecule is CCOC(=O)c1c(NC(=O)C2CCCN(S(=O)(=O)c3ccc(F)cc3)C2)sc2c1CCC(C)C2. The zero-order chi connectivity index (χ0) is 24.5. The fraction of sp³-hybridized carbons (Fsp3) is 0.500. The van der Waals surface area contributed by atoms with Crippen LogP contribution in [0.4, 0.5) is 9.39 Å². The standard InChI is InChI=1S/C24H29FN2O5S2/c1-3-32-24(29)21-19-11-6-15(2)13-20(19)33-23(21)26-22(28)16-5-4-12-27(14-16)34(30,31)18-9-7-17(25)8-10-18/h7-10,15-16H,3-6,11-14H2,1-2H3,(H,26,28). The van der Waals surface area contributed by atoms with E-state index >= 15 is 0 Å². The van der Waals surface area contributed by atoms with E-state index in [9.17, 15) is 22.4 Å². The van der Waals surface area contributed by atoms with Crippen molar-refractivity contribution in [2.24, 2.45) is 11.8 Å². The molecule has 1 fully saturated rings. The Balaban J connectivity index is 1.53. The molecule has 1 aliphatic heterocycles. The number of nitrogens with one attached hydrogen (secondary N) is 1. The number of carbonyl (C=O) groups is 2. The van der Waals surface area contributed by atoms with E-state index in [-0.39, 0.29) is 24.0 Å². The van der Waals surface area contributed by atoms with Gasteiger partial charge in [0.05, 0.1) is 23.0 Å². The van der Waals surface area contributed by atoms with Crippen molar-refractivity contribution in [2.45, 2.75) is 50.8 Å². The molecule has 2 aromatic rings. The molecule has 1 saturated heterocycles. The minimum absolute atomic E-state index is 0.000364. The number of esters is 1. The number of halogens is 1. The Labute approximate surface area is 203 Å². The topological polar surface area (TPSA) is 92.8 Å². The highest BCUT2D eigenvalue weighted by molar-refractivity contribution is 7.89. The minimum atomic E-state index is -3.84. The number of sulfonamides is 1. The third-order valence-corrected chi connectivity index (χ3v) is 9.48. The lowest BCUT2D eigenvalue weighted by molar-refractivity contribution is -0.120. The lowest BCUT2D eigenvalue weighted by atomic mass is 9.88. The number of hydrogen-bond donors (Lipinski definition) is 1. The van der Waals surface area contributed by atoms with Crippen LogP contribution in [0.1, 0.15) is 53.9 Å². The van der Waals surface area contributed by atoms with Crippen molar-refractivity contribution in [2.75, 3.05) is 25.0 Å².